The first kappa shape index (κ1) is 14.3. The van der Waals surface area contributed by atoms with Crippen molar-refractivity contribution in [3.63, 3.8) is 0 Å². The summed E-state index contributed by atoms with van der Waals surface area (Å²) in [6, 6.07) is 1.54. The van der Waals surface area contributed by atoms with Gasteiger partial charge in [-0.25, -0.2) is 0 Å². The van der Waals surface area contributed by atoms with Crippen molar-refractivity contribution < 1.29 is 17.1 Å². The third-order valence-electron chi connectivity index (χ3n) is 2.99. The zero-order chi connectivity index (χ0) is 14.2. The second kappa shape index (κ2) is 5.10. The van der Waals surface area contributed by atoms with Crippen molar-refractivity contribution in [2.75, 3.05) is 19.6 Å². The van der Waals surface area contributed by atoms with Gasteiger partial charge in [0.15, 0.2) is 0 Å². The number of nitrogens with zero attached hydrogens (tertiary/aromatic N) is 2. The maximum Gasteiger partial charge on any atom is 0.374 e. The summed E-state index contributed by atoms with van der Waals surface area (Å²) in [4.78, 5) is 11.8. The number of aryl methyl sites for hydroxylation is 1. The molecule has 0 spiro atoms. The van der Waals surface area contributed by atoms with Crippen LogP contribution in [-0.4, -0.2) is 42.8 Å². The molecule has 0 atom stereocenters. The molecule has 1 aromatic heterocycles. The number of carbonyl (C=O) groups excluding carboxylic acids is 1. The van der Waals surface area contributed by atoms with Gasteiger partial charge in [-0.3, -0.25) is 4.79 Å². The van der Waals surface area contributed by atoms with E-state index in [1.54, 1.807) is 17.8 Å². The summed E-state index contributed by atoms with van der Waals surface area (Å²) in [6.07, 6.45) is 1.61. The fourth-order valence-electron chi connectivity index (χ4n) is 1.91. The molecule has 1 N–H and O–H groups in total. The fourth-order valence-corrected chi connectivity index (χ4v) is 2.93. The van der Waals surface area contributed by atoms with E-state index in [0.29, 0.717) is 17.3 Å². The van der Waals surface area contributed by atoms with Crippen LogP contribution in [-0.2, 0) is 17.5 Å². The summed E-state index contributed by atoms with van der Waals surface area (Å²) in [5.41, 5.74) is 0.416. The topological polar surface area (TPSA) is 71.4 Å². The molecule has 19 heavy (non-hydrogen) atoms. The zero-order valence-corrected chi connectivity index (χ0v) is 11.7. The quantitative estimate of drug-likeness (QED) is 0.826. The first-order chi connectivity index (χ1) is 8.77. The number of halogens is 2. The van der Waals surface area contributed by atoms with Crippen molar-refractivity contribution in [2.24, 2.45) is 13.0 Å². The molecule has 1 saturated heterocycles. The van der Waals surface area contributed by atoms with E-state index in [1.807, 2.05) is 0 Å². The maximum atomic E-state index is 12.5. The van der Waals surface area contributed by atoms with Gasteiger partial charge < -0.3 is 9.88 Å². The van der Waals surface area contributed by atoms with Crippen molar-refractivity contribution in [1.29, 1.82) is 0 Å². The second-order valence-electron chi connectivity index (χ2n) is 4.49. The van der Waals surface area contributed by atoms with Crippen molar-refractivity contribution in [3.8, 4) is 0 Å². The fraction of sp³-hybridized carbons (Fsp3) is 0.500. The molecule has 0 aromatic carbocycles. The highest BCUT2D eigenvalue weighted by atomic mass is 35.5. The average Bonchev–Trinajstić information content (AvgIpc) is 2.53. The van der Waals surface area contributed by atoms with E-state index >= 15 is 0 Å². The average molecular weight is 310 g/mol. The summed E-state index contributed by atoms with van der Waals surface area (Å²) >= 11 is 5.76. The van der Waals surface area contributed by atoms with Crippen LogP contribution in [0.25, 0.3) is 0 Å². The molecule has 1 aromatic rings. The molecule has 2 rings (SSSR count). The zero-order valence-electron chi connectivity index (χ0n) is 10.1. The second-order valence-corrected chi connectivity index (χ2v) is 6.27. The Balaban J connectivity index is 1.82. The number of amides is 1. The molecule has 1 aliphatic rings. The summed E-state index contributed by atoms with van der Waals surface area (Å²) in [7, 11) is -2.90. The Bertz CT molecular complexity index is 595. The van der Waals surface area contributed by atoms with Crippen LogP contribution in [0.4, 0.5) is 3.89 Å². The molecule has 6 nitrogen and oxygen atoms in total. The van der Waals surface area contributed by atoms with Crippen LogP contribution < -0.4 is 5.32 Å². The van der Waals surface area contributed by atoms with Gasteiger partial charge in [-0.1, -0.05) is 15.5 Å². The largest absolute Gasteiger partial charge is 0.374 e. The summed E-state index contributed by atoms with van der Waals surface area (Å²) in [5, 5.41) is 3.13. The van der Waals surface area contributed by atoms with E-state index in [-0.39, 0.29) is 24.9 Å². The van der Waals surface area contributed by atoms with Gasteiger partial charge in [-0.2, -0.15) is 12.7 Å². The van der Waals surface area contributed by atoms with Crippen LogP contribution in [0.2, 0.25) is 5.02 Å². The third-order valence-corrected chi connectivity index (χ3v) is 4.11. The first-order valence-electron chi connectivity index (χ1n) is 5.57. The summed E-state index contributed by atoms with van der Waals surface area (Å²) in [6.45, 7) is 0.480. The Morgan fingerprint density at radius 1 is 1.58 bits per heavy atom. The number of hydrogen-bond acceptors (Lipinski definition) is 3. The van der Waals surface area contributed by atoms with Gasteiger partial charge in [0.2, 0.25) is 0 Å². The molecule has 2 heterocycles. The van der Waals surface area contributed by atoms with E-state index in [1.165, 1.54) is 6.07 Å². The lowest BCUT2D eigenvalue weighted by Gasteiger charge is -2.35. The van der Waals surface area contributed by atoms with Gasteiger partial charge in [-0.15, -0.1) is 0 Å². The monoisotopic (exact) mass is 309 g/mol. The molecule has 106 valence electrons. The van der Waals surface area contributed by atoms with Crippen molar-refractivity contribution in [3.05, 3.63) is 23.0 Å². The van der Waals surface area contributed by atoms with Crippen LogP contribution in [0.5, 0.6) is 0 Å². The van der Waals surface area contributed by atoms with Crippen molar-refractivity contribution >= 4 is 27.9 Å². The molecule has 1 aliphatic heterocycles. The molecular formula is C10H13ClFN3O3S. The minimum absolute atomic E-state index is 0.0646. The molecule has 0 aliphatic carbocycles. The highest BCUT2D eigenvalue weighted by molar-refractivity contribution is 7.84. The van der Waals surface area contributed by atoms with Crippen LogP contribution in [0, 0.1) is 5.92 Å². The Hall–Kier alpha value is -1.12. The standard InChI is InChI=1S/C10H13ClFN3O3S/c1-14-6-8(11)2-9(14)10(16)13-3-7-4-15(5-7)19(12,17)18/h2,6-7H,3-5H2,1H3,(H,13,16). The number of rotatable bonds is 4. The van der Waals surface area contributed by atoms with Gasteiger partial charge >= 0.3 is 10.4 Å². The summed E-state index contributed by atoms with van der Waals surface area (Å²) in [5.74, 6) is -0.360. The highest BCUT2D eigenvalue weighted by Crippen LogP contribution is 2.20. The predicted molar refractivity (Wildman–Crippen MR) is 67.8 cm³/mol. The molecule has 9 heteroatoms. The number of carbonyl (C=O) groups is 1. The van der Waals surface area contributed by atoms with Gasteiger partial charge in [0.05, 0.1) is 5.02 Å². The molecule has 0 radical (unpaired) electrons. The number of nitrogens with one attached hydrogen (secondary N) is 1. The minimum Gasteiger partial charge on any atom is -0.350 e. The van der Waals surface area contributed by atoms with Gasteiger partial charge in [0.25, 0.3) is 5.91 Å². The Morgan fingerprint density at radius 2 is 2.21 bits per heavy atom. The van der Waals surface area contributed by atoms with E-state index in [4.69, 9.17) is 11.6 Å². The SMILES string of the molecule is Cn1cc(Cl)cc1C(=O)NCC1CN(S(=O)(=O)F)C1. The Kier molecular flexibility index (Phi) is 3.84. The molecule has 1 amide bonds. The van der Waals surface area contributed by atoms with Gasteiger partial charge in [0, 0.05) is 38.8 Å². The predicted octanol–water partition coefficient (Wildman–Crippen LogP) is 0.554. The first-order valence-corrected chi connectivity index (χ1v) is 7.29. The number of hydrogen-bond donors (Lipinski definition) is 1. The minimum atomic E-state index is -4.59. The van der Waals surface area contributed by atoms with Crippen molar-refractivity contribution in [1.82, 2.24) is 14.2 Å². The van der Waals surface area contributed by atoms with E-state index in [0.717, 1.165) is 4.31 Å². The van der Waals surface area contributed by atoms with Crippen LogP contribution in [0.3, 0.4) is 0 Å². The lowest BCUT2D eigenvalue weighted by atomic mass is 10.0. The van der Waals surface area contributed by atoms with Crippen molar-refractivity contribution in [2.45, 2.75) is 0 Å². The smallest absolute Gasteiger partial charge is 0.350 e. The Morgan fingerprint density at radius 3 is 2.68 bits per heavy atom. The van der Waals surface area contributed by atoms with E-state index in [2.05, 4.69) is 5.32 Å². The maximum absolute atomic E-state index is 12.5. The third kappa shape index (κ3) is 3.26. The van der Waals surface area contributed by atoms with E-state index in [9.17, 15) is 17.1 Å². The number of aromatic nitrogens is 1. The lowest BCUT2D eigenvalue weighted by molar-refractivity contribution is 0.0920. The normalized spacial score (nSPS) is 17.2. The molecule has 0 saturated carbocycles. The lowest BCUT2D eigenvalue weighted by Crippen LogP contribution is -2.52. The van der Waals surface area contributed by atoms with Crippen LogP contribution in [0.15, 0.2) is 12.3 Å². The summed E-state index contributed by atoms with van der Waals surface area (Å²) < 4.78 is 35.9. The molecular weight excluding hydrogens is 297 g/mol. The van der Waals surface area contributed by atoms with Gasteiger partial charge in [0.1, 0.15) is 5.69 Å². The molecule has 0 bridgehead atoms. The highest BCUT2D eigenvalue weighted by Gasteiger charge is 2.35. The van der Waals surface area contributed by atoms with E-state index < -0.39 is 10.4 Å². The van der Waals surface area contributed by atoms with Crippen LogP contribution >= 0.6 is 11.6 Å². The Labute approximate surface area is 115 Å². The van der Waals surface area contributed by atoms with Crippen LogP contribution in [0.1, 0.15) is 10.5 Å². The molecule has 1 fully saturated rings. The van der Waals surface area contributed by atoms with Gasteiger partial charge in [-0.05, 0) is 6.07 Å². The molecule has 0 unspecified atom stereocenters.